The molecule has 4 aromatic carbocycles. The van der Waals surface area contributed by atoms with Crippen molar-refractivity contribution in [2.75, 3.05) is 6.61 Å². The molecule has 0 saturated carbocycles. The fourth-order valence-electron chi connectivity index (χ4n) is 5.04. The highest BCUT2D eigenvalue weighted by Gasteiger charge is 2.38. The Kier molecular flexibility index (Phi) is 4.85. The molecule has 1 aliphatic carbocycles. The van der Waals surface area contributed by atoms with E-state index in [0.717, 1.165) is 51.6 Å². The third-order valence-electron chi connectivity index (χ3n) is 6.61. The standard InChI is InChI=1S/C29H28O3/c1-4-5-13-32-22-8-6-7-19(14-22)27-24-16-20(30)10-9-18(24)15-25-23-12-11-21(31)17-26(23)29(2,3)28(25)27/h6-12,14-17,30-31H,4-5,13H2,1-3H3. The number of phenols is 2. The Hall–Kier alpha value is -3.46. The average molecular weight is 425 g/mol. The van der Waals surface area contributed by atoms with Gasteiger partial charge in [-0.15, -0.1) is 0 Å². The molecule has 32 heavy (non-hydrogen) atoms. The summed E-state index contributed by atoms with van der Waals surface area (Å²) < 4.78 is 6.01. The molecule has 0 radical (unpaired) electrons. The Bertz CT molecular complexity index is 1330. The first kappa shape index (κ1) is 20.4. The van der Waals surface area contributed by atoms with E-state index in [1.807, 2.05) is 36.4 Å². The molecular weight excluding hydrogens is 396 g/mol. The molecule has 5 rings (SSSR count). The van der Waals surface area contributed by atoms with Crippen LogP contribution in [0.2, 0.25) is 0 Å². The van der Waals surface area contributed by atoms with Crippen LogP contribution in [0.1, 0.15) is 44.7 Å². The minimum atomic E-state index is -0.308. The van der Waals surface area contributed by atoms with Crippen LogP contribution in [0.4, 0.5) is 0 Å². The highest BCUT2D eigenvalue weighted by atomic mass is 16.5. The predicted molar refractivity (Wildman–Crippen MR) is 131 cm³/mol. The van der Waals surface area contributed by atoms with Gasteiger partial charge in [0.1, 0.15) is 17.2 Å². The van der Waals surface area contributed by atoms with Crippen molar-refractivity contribution in [3.8, 4) is 39.5 Å². The second-order valence-electron chi connectivity index (χ2n) is 9.16. The molecule has 0 saturated heterocycles. The fourth-order valence-corrected chi connectivity index (χ4v) is 5.04. The van der Waals surface area contributed by atoms with Gasteiger partial charge in [0.15, 0.2) is 0 Å². The zero-order chi connectivity index (χ0) is 22.5. The van der Waals surface area contributed by atoms with Gasteiger partial charge in [-0.25, -0.2) is 0 Å². The third kappa shape index (κ3) is 3.20. The third-order valence-corrected chi connectivity index (χ3v) is 6.61. The second kappa shape index (κ2) is 7.59. The number of aromatic hydroxyl groups is 2. The van der Waals surface area contributed by atoms with Gasteiger partial charge in [0, 0.05) is 5.41 Å². The highest BCUT2D eigenvalue weighted by Crippen LogP contribution is 2.55. The zero-order valence-corrected chi connectivity index (χ0v) is 18.8. The van der Waals surface area contributed by atoms with Crippen LogP contribution in [0, 0.1) is 0 Å². The lowest BCUT2D eigenvalue weighted by molar-refractivity contribution is 0.309. The molecular formula is C29H28O3. The van der Waals surface area contributed by atoms with Crippen molar-refractivity contribution in [1.29, 1.82) is 0 Å². The van der Waals surface area contributed by atoms with Crippen molar-refractivity contribution >= 4 is 10.8 Å². The van der Waals surface area contributed by atoms with E-state index in [1.54, 1.807) is 12.1 Å². The van der Waals surface area contributed by atoms with E-state index in [1.165, 1.54) is 11.1 Å². The van der Waals surface area contributed by atoms with Gasteiger partial charge in [0.2, 0.25) is 0 Å². The monoisotopic (exact) mass is 424 g/mol. The van der Waals surface area contributed by atoms with Crippen LogP contribution in [-0.4, -0.2) is 16.8 Å². The summed E-state index contributed by atoms with van der Waals surface area (Å²) in [5.74, 6) is 1.38. The first-order valence-electron chi connectivity index (χ1n) is 11.3. The first-order chi connectivity index (χ1) is 15.4. The van der Waals surface area contributed by atoms with Crippen molar-refractivity contribution < 1.29 is 14.9 Å². The number of phenolic OH excluding ortho intramolecular Hbond substituents is 2. The van der Waals surface area contributed by atoms with Crippen LogP contribution in [0.3, 0.4) is 0 Å². The number of hydrogen-bond acceptors (Lipinski definition) is 3. The minimum absolute atomic E-state index is 0.250. The van der Waals surface area contributed by atoms with E-state index in [4.69, 9.17) is 4.74 Å². The highest BCUT2D eigenvalue weighted by molar-refractivity contribution is 6.06. The molecule has 0 amide bonds. The van der Waals surface area contributed by atoms with Crippen LogP contribution in [0.5, 0.6) is 17.2 Å². The van der Waals surface area contributed by atoms with Crippen LogP contribution >= 0.6 is 0 Å². The van der Waals surface area contributed by atoms with E-state index in [2.05, 4.69) is 39.0 Å². The van der Waals surface area contributed by atoms with E-state index < -0.39 is 0 Å². The summed E-state index contributed by atoms with van der Waals surface area (Å²) in [5, 5.41) is 22.6. The molecule has 0 aliphatic heterocycles. The summed E-state index contributed by atoms with van der Waals surface area (Å²) >= 11 is 0. The second-order valence-corrected chi connectivity index (χ2v) is 9.16. The zero-order valence-electron chi connectivity index (χ0n) is 18.8. The maximum Gasteiger partial charge on any atom is 0.119 e. The predicted octanol–water partition coefficient (Wildman–Crippen LogP) is 7.40. The number of benzene rings is 4. The molecule has 0 aromatic heterocycles. The van der Waals surface area contributed by atoms with Crippen molar-refractivity contribution in [3.05, 3.63) is 77.9 Å². The number of unbranched alkanes of at least 4 members (excludes halogenated alkanes) is 1. The summed E-state index contributed by atoms with van der Waals surface area (Å²) in [4.78, 5) is 0. The molecule has 0 unspecified atom stereocenters. The van der Waals surface area contributed by atoms with Gasteiger partial charge in [0.05, 0.1) is 6.61 Å². The van der Waals surface area contributed by atoms with E-state index in [0.29, 0.717) is 6.61 Å². The smallest absolute Gasteiger partial charge is 0.119 e. The molecule has 2 N–H and O–H groups in total. The van der Waals surface area contributed by atoms with Gasteiger partial charge in [-0.1, -0.05) is 51.5 Å². The average Bonchev–Trinajstić information content (AvgIpc) is 2.99. The van der Waals surface area contributed by atoms with Gasteiger partial charge in [-0.05, 0) is 93.0 Å². The summed E-state index contributed by atoms with van der Waals surface area (Å²) in [5.41, 5.74) is 6.51. The van der Waals surface area contributed by atoms with Gasteiger partial charge < -0.3 is 14.9 Å². The number of fused-ring (bicyclic) bond motifs is 4. The largest absolute Gasteiger partial charge is 0.508 e. The number of hydrogen-bond donors (Lipinski definition) is 2. The topological polar surface area (TPSA) is 49.7 Å². The SMILES string of the molecule is CCCCOc1cccc(-c2c3c(cc4ccc(O)cc24)-c2ccc(O)cc2C3(C)C)c1. The number of ether oxygens (including phenoxy) is 1. The fraction of sp³-hybridized carbons (Fsp3) is 0.241. The summed E-state index contributed by atoms with van der Waals surface area (Å²) in [6.45, 7) is 7.27. The first-order valence-corrected chi connectivity index (χ1v) is 11.3. The van der Waals surface area contributed by atoms with E-state index in [9.17, 15) is 10.2 Å². The molecule has 4 aromatic rings. The Morgan fingerprint density at radius 1 is 0.844 bits per heavy atom. The van der Waals surface area contributed by atoms with Crippen LogP contribution in [0.15, 0.2) is 66.7 Å². The Morgan fingerprint density at radius 3 is 2.44 bits per heavy atom. The Labute approximate surface area is 188 Å². The summed E-state index contributed by atoms with van der Waals surface area (Å²) in [6, 6.07) is 21.7. The van der Waals surface area contributed by atoms with Gasteiger partial charge in [-0.3, -0.25) is 0 Å². The lowest BCUT2D eigenvalue weighted by Crippen LogP contribution is -2.16. The molecule has 0 fully saturated rings. The van der Waals surface area contributed by atoms with E-state index >= 15 is 0 Å². The maximum absolute atomic E-state index is 10.3. The Morgan fingerprint density at radius 2 is 1.62 bits per heavy atom. The molecule has 0 atom stereocenters. The molecule has 0 heterocycles. The Balaban J connectivity index is 1.81. The van der Waals surface area contributed by atoms with Crippen molar-refractivity contribution in [2.24, 2.45) is 0 Å². The number of rotatable bonds is 5. The summed E-state index contributed by atoms with van der Waals surface area (Å²) in [6.07, 6.45) is 2.11. The molecule has 1 aliphatic rings. The lowest BCUT2D eigenvalue weighted by atomic mass is 9.77. The van der Waals surface area contributed by atoms with Crippen LogP contribution in [0.25, 0.3) is 33.0 Å². The summed E-state index contributed by atoms with van der Waals surface area (Å²) in [7, 11) is 0. The van der Waals surface area contributed by atoms with Crippen LogP contribution in [-0.2, 0) is 5.41 Å². The van der Waals surface area contributed by atoms with E-state index in [-0.39, 0.29) is 16.9 Å². The molecule has 0 bridgehead atoms. The molecule has 162 valence electrons. The van der Waals surface area contributed by atoms with Crippen molar-refractivity contribution in [3.63, 3.8) is 0 Å². The quantitative estimate of drug-likeness (QED) is 0.328. The van der Waals surface area contributed by atoms with Crippen molar-refractivity contribution in [2.45, 2.75) is 39.0 Å². The van der Waals surface area contributed by atoms with Gasteiger partial charge >= 0.3 is 0 Å². The van der Waals surface area contributed by atoms with Crippen LogP contribution < -0.4 is 4.74 Å². The maximum atomic E-state index is 10.3. The lowest BCUT2D eigenvalue weighted by Gasteiger charge is -2.26. The van der Waals surface area contributed by atoms with Gasteiger partial charge in [-0.2, -0.15) is 0 Å². The molecule has 3 heteroatoms. The molecule has 0 spiro atoms. The minimum Gasteiger partial charge on any atom is -0.508 e. The van der Waals surface area contributed by atoms with Gasteiger partial charge in [0.25, 0.3) is 0 Å². The normalized spacial score (nSPS) is 13.7. The van der Waals surface area contributed by atoms with Crippen molar-refractivity contribution in [1.82, 2.24) is 0 Å². The molecule has 3 nitrogen and oxygen atoms in total.